The van der Waals surface area contributed by atoms with Gasteiger partial charge >= 0.3 is 0 Å². The van der Waals surface area contributed by atoms with Crippen LogP contribution in [0, 0.1) is 5.92 Å². The molecule has 3 rings (SSSR count). The average molecular weight is 393 g/mol. The second-order valence-electron chi connectivity index (χ2n) is 7.38. The van der Waals surface area contributed by atoms with Gasteiger partial charge in [0.15, 0.2) is 0 Å². The summed E-state index contributed by atoms with van der Waals surface area (Å²) in [4.78, 5) is 38.2. The molecule has 0 saturated carbocycles. The highest BCUT2D eigenvalue weighted by atomic mass is 16.2. The number of nitrogens with one attached hydrogen (secondary N) is 2. The Balaban J connectivity index is 1.51. The van der Waals surface area contributed by atoms with Gasteiger partial charge in [-0.1, -0.05) is 30.3 Å². The van der Waals surface area contributed by atoms with E-state index >= 15 is 0 Å². The molecule has 0 unspecified atom stereocenters. The largest absolute Gasteiger partial charge is 0.355 e. The van der Waals surface area contributed by atoms with Crippen LogP contribution < -0.4 is 10.6 Å². The van der Waals surface area contributed by atoms with Gasteiger partial charge in [-0.05, 0) is 49.1 Å². The third-order valence-electron chi connectivity index (χ3n) is 5.09. The van der Waals surface area contributed by atoms with E-state index in [0.29, 0.717) is 30.9 Å². The van der Waals surface area contributed by atoms with Gasteiger partial charge in [0.1, 0.15) is 0 Å². The maximum absolute atomic E-state index is 12.8. The lowest BCUT2D eigenvalue weighted by Gasteiger charge is -2.32. The molecule has 152 valence electrons. The second kappa shape index (κ2) is 9.87. The number of benzene rings is 2. The molecular weight excluding hydrogens is 366 g/mol. The lowest BCUT2D eigenvalue weighted by atomic mass is 9.96. The van der Waals surface area contributed by atoms with E-state index in [-0.39, 0.29) is 23.6 Å². The molecule has 1 heterocycles. The summed E-state index contributed by atoms with van der Waals surface area (Å²) in [5.41, 5.74) is 2.41. The zero-order valence-corrected chi connectivity index (χ0v) is 16.7. The van der Waals surface area contributed by atoms with Crippen molar-refractivity contribution in [2.24, 2.45) is 5.92 Å². The molecule has 2 aromatic rings. The molecular formula is C23H27N3O3. The SMILES string of the molecule is CC(=O)Nc1ccc(C(=O)N2CCC[C@@H](C(=O)NCCc3ccccc3)C2)cc1. The number of hydrogen-bond donors (Lipinski definition) is 2. The summed E-state index contributed by atoms with van der Waals surface area (Å²) in [7, 11) is 0. The fraction of sp³-hybridized carbons (Fsp3) is 0.348. The van der Waals surface area contributed by atoms with Crippen LogP contribution in [0.1, 0.15) is 35.7 Å². The Bertz CT molecular complexity index is 849. The van der Waals surface area contributed by atoms with Crippen molar-refractivity contribution in [2.45, 2.75) is 26.2 Å². The lowest BCUT2D eigenvalue weighted by Crippen LogP contribution is -2.45. The number of amides is 3. The standard InChI is InChI=1S/C23H27N3O3/c1-17(27)25-21-11-9-19(10-12-21)23(29)26-15-5-8-20(16-26)22(28)24-14-13-18-6-3-2-4-7-18/h2-4,6-7,9-12,20H,5,8,13-16H2,1H3,(H,24,28)(H,25,27)/t20-/m1/s1. The Morgan fingerprint density at radius 2 is 1.76 bits per heavy atom. The third kappa shape index (κ3) is 5.91. The van der Waals surface area contributed by atoms with Gasteiger partial charge in [-0.3, -0.25) is 14.4 Å². The molecule has 0 spiro atoms. The average Bonchev–Trinajstić information content (AvgIpc) is 2.74. The number of anilines is 1. The molecule has 0 aromatic heterocycles. The smallest absolute Gasteiger partial charge is 0.253 e. The van der Waals surface area contributed by atoms with Crippen molar-refractivity contribution in [3.8, 4) is 0 Å². The quantitative estimate of drug-likeness (QED) is 0.792. The zero-order valence-electron chi connectivity index (χ0n) is 16.7. The van der Waals surface area contributed by atoms with Crippen LogP contribution in [0.25, 0.3) is 0 Å². The summed E-state index contributed by atoms with van der Waals surface area (Å²) in [6.45, 7) is 3.12. The van der Waals surface area contributed by atoms with Gasteiger partial charge in [-0.2, -0.15) is 0 Å². The molecule has 2 aromatic carbocycles. The first-order chi connectivity index (χ1) is 14.0. The molecule has 1 aliphatic heterocycles. The van der Waals surface area contributed by atoms with Crippen molar-refractivity contribution in [1.82, 2.24) is 10.2 Å². The number of piperidine rings is 1. The maximum atomic E-state index is 12.8. The van der Waals surface area contributed by atoms with E-state index in [1.165, 1.54) is 12.5 Å². The number of carbonyl (C=O) groups is 3. The number of nitrogens with zero attached hydrogens (tertiary/aromatic N) is 1. The lowest BCUT2D eigenvalue weighted by molar-refractivity contribution is -0.126. The van der Waals surface area contributed by atoms with E-state index < -0.39 is 0 Å². The third-order valence-corrected chi connectivity index (χ3v) is 5.09. The van der Waals surface area contributed by atoms with Crippen molar-refractivity contribution in [1.29, 1.82) is 0 Å². The molecule has 0 bridgehead atoms. The van der Waals surface area contributed by atoms with Gasteiger partial charge in [0.2, 0.25) is 11.8 Å². The van der Waals surface area contributed by atoms with Crippen LogP contribution in [0.5, 0.6) is 0 Å². The highest BCUT2D eigenvalue weighted by Gasteiger charge is 2.28. The predicted molar refractivity (Wildman–Crippen MR) is 113 cm³/mol. The normalized spacial score (nSPS) is 16.2. The van der Waals surface area contributed by atoms with Crippen LogP contribution in [0.4, 0.5) is 5.69 Å². The second-order valence-corrected chi connectivity index (χ2v) is 7.38. The molecule has 6 heteroatoms. The summed E-state index contributed by atoms with van der Waals surface area (Å²) < 4.78 is 0. The summed E-state index contributed by atoms with van der Waals surface area (Å²) in [6.07, 6.45) is 2.40. The summed E-state index contributed by atoms with van der Waals surface area (Å²) in [5, 5.41) is 5.70. The van der Waals surface area contributed by atoms with E-state index in [1.807, 2.05) is 30.3 Å². The van der Waals surface area contributed by atoms with E-state index in [0.717, 1.165) is 19.3 Å². The molecule has 1 aliphatic rings. The number of rotatable bonds is 6. The predicted octanol–water partition coefficient (Wildman–Crippen LogP) is 2.86. The Morgan fingerprint density at radius 3 is 2.45 bits per heavy atom. The zero-order chi connectivity index (χ0) is 20.6. The highest BCUT2D eigenvalue weighted by molar-refractivity contribution is 5.96. The van der Waals surface area contributed by atoms with Crippen molar-refractivity contribution < 1.29 is 14.4 Å². The van der Waals surface area contributed by atoms with E-state index in [1.54, 1.807) is 29.2 Å². The van der Waals surface area contributed by atoms with Crippen molar-refractivity contribution in [3.63, 3.8) is 0 Å². The first kappa shape index (κ1) is 20.6. The Labute approximate surface area is 171 Å². The van der Waals surface area contributed by atoms with Crippen LogP contribution in [0.3, 0.4) is 0 Å². The Kier molecular flexibility index (Phi) is 7.00. The van der Waals surface area contributed by atoms with Crippen LogP contribution in [0.15, 0.2) is 54.6 Å². The summed E-state index contributed by atoms with van der Waals surface area (Å²) in [6, 6.07) is 16.9. The molecule has 1 fully saturated rings. The van der Waals surface area contributed by atoms with Gasteiger partial charge in [0.25, 0.3) is 5.91 Å². The van der Waals surface area contributed by atoms with Crippen molar-refractivity contribution in [2.75, 3.05) is 25.0 Å². The van der Waals surface area contributed by atoms with Crippen LogP contribution in [-0.2, 0) is 16.0 Å². The summed E-state index contributed by atoms with van der Waals surface area (Å²) in [5.74, 6) is -0.399. The van der Waals surface area contributed by atoms with Crippen molar-refractivity contribution >= 4 is 23.4 Å². The molecule has 29 heavy (non-hydrogen) atoms. The van der Waals surface area contributed by atoms with Crippen LogP contribution in [0.2, 0.25) is 0 Å². The van der Waals surface area contributed by atoms with Gasteiger partial charge < -0.3 is 15.5 Å². The minimum atomic E-state index is -0.179. The molecule has 2 N–H and O–H groups in total. The Hall–Kier alpha value is -3.15. The van der Waals surface area contributed by atoms with E-state index in [9.17, 15) is 14.4 Å². The van der Waals surface area contributed by atoms with Gasteiger partial charge in [-0.15, -0.1) is 0 Å². The van der Waals surface area contributed by atoms with Gasteiger partial charge in [0.05, 0.1) is 5.92 Å². The summed E-state index contributed by atoms with van der Waals surface area (Å²) >= 11 is 0. The maximum Gasteiger partial charge on any atom is 0.253 e. The van der Waals surface area contributed by atoms with E-state index in [2.05, 4.69) is 10.6 Å². The number of carbonyl (C=O) groups excluding carboxylic acids is 3. The molecule has 6 nitrogen and oxygen atoms in total. The van der Waals surface area contributed by atoms with Gasteiger partial charge in [-0.25, -0.2) is 0 Å². The number of likely N-dealkylation sites (tertiary alicyclic amines) is 1. The molecule has 1 atom stereocenters. The minimum absolute atomic E-state index is 0.0134. The topological polar surface area (TPSA) is 78.5 Å². The van der Waals surface area contributed by atoms with Crippen molar-refractivity contribution in [3.05, 3.63) is 65.7 Å². The van der Waals surface area contributed by atoms with E-state index in [4.69, 9.17) is 0 Å². The first-order valence-electron chi connectivity index (χ1n) is 10.0. The molecule has 0 aliphatic carbocycles. The fourth-order valence-corrected chi connectivity index (χ4v) is 3.58. The first-order valence-corrected chi connectivity index (χ1v) is 10.0. The number of hydrogen-bond acceptors (Lipinski definition) is 3. The molecule has 0 radical (unpaired) electrons. The Morgan fingerprint density at radius 1 is 1.03 bits per heavy atom. The monoisotopic (exact) mass is 393 g/mol. The minimum Gasteiger partial charge on any atom is -0.355 e. The highest BCUT2D eigenvalue weighted by Crippen LogP contribution is 2.20. The molecule has 1 saturated heterocycles. The molecule has 3 amide bonds. The van der Waals surface area contributed by atoms with Gasteiger partial charge in [0, 0.05) is 37.8 Å². The van der Waals surface area contributed by atoms with Crippen LogP contribution in [-0.4, -0.2) is 42.3 Å². The van der Waals surface area contributed by atoms with Crippen LogP contribution >= 0.6 is 0 Å². The fourth-order valence-electron chi connectivity index (χ4n) is 3.58.